The number of para-hydroxylation sites is 1. The van der Waals surface area contributed by atoms with E-state index in [4.69, 9.17) is 11.0 Å². The molecule has 1 heterocycles. The fourth-order valence-electron chi connectivity index (χ4n) is 1.33. The molecule has 0 bridgehead atoms. The van der Waals surface area contributed by atoms with Crippen molar-refractivity contribution in [3.63, 3.8) is 0 Å². The van der Waals surface area contributed by atoms with E-state index in [1.165, 1.54) is 0 Å². The molecular formula is C10H7N3O. The molecule has 0 unspecified atom stereocenters. The zero-order valence-corrected chi connectivity index (χ0v) is 7.23. The number of nitrogen functional groups attached to an aromatic ring is 1. The van der Waals surface area contributed by atoms with Crippen molar-refractivity contribution in [3.05, 3.63) is 29.8 Å². The summed E-state index contributed by atoms with van der Waals surface area (Å²) in [6.45, 7) is 0. The molecule has 2 rings (SSSR count). The first-order valence-electron chi connectivity index (χ1n) is 4.01. The minimum Gasteiger partial charge on any atom is -0.492 e. The lowest BCUT2D eigenvalue weighted by atomic mass is 10.1. The first-order chi connectivity index (χ1) is 6.74. The molecule has 68 valence electrons. The molecule has 0 atom stereocenters. The monoisotopic (exact) mass is 185 g/mol. The van der Waals surface area contributed by atoms with Gasteiger partial charge in [-0.1, -0.05) is 18.2 Å². The maximum Gasteiger partial charge on any atom is 0.236 e. The number of benzene rings is 1. The molecule has 4 heteroatoms. The fraction of sp³-hybridized carbons (Fsp3) is 0. The summed E-state index contributed by atoms with van der Waals surface area (Å²) in [7, 11) is 0. The number of hydrogen-bond acceptors (Lipinski definition) is 4. The minimum absolute atomic E-state index is 0.0335. The topological polar surface area (TPSA) is 82.9 Å². The molecule has 0 radical (unpaired) electrons. The molecule has 0 amide bonds. The number of nitrogens with two attached hydrogens (primary N) is 1. The summed E-state index contributed by atoms with van der Waals surface area (Å²) in [5.41, 5.74) is 6.39. The van der Waals surface area contributed by atoms with Crippen molar-refractivity contribution in [1.82, 2.24) is 4.98 Å². The molecule has 0 saturated heterocycles. The summed E-state index contributed by atoms with van der Waals surface area (Å²) in [4.78, 5) is 3.86. The van der Waals surface area contributed by atoms with Gasteiger partial charge in [0.05, 0.1) is 11.1 Å². The lowest BCUT2D eigenvalue weighted by molar-refractivity contribution is 0.458. The molecule has 4 nitrogen and oxygen atoms in total. The van der Waals surface area contributed by atoms with Crippen LogP contribution in [0, 0.1) is 11.3 Å². The van der Waals surface area contributed by atoms with E-state index in [2.05, 4.69) is 4.98 Å². The van der Waals surface area contributed by atoms with Crippen molar-refractivity contribution in [2.75, 3.05) is 5.73 Å². The van der Waals surface area contributed by atoms with Gasteiger partial charge in [-0.2, -0.15) is 5.26 Å². The van der Waals surface area contributed by atoms with Crippen LogP contribution in [-0.2, 0) is 0 Å². The number of fused-ring (bicyclic) bond motifs is 1. The number of hydrogen-bond donors (Lipinski definition) is 2. The van der Waals surface area contributed by atoms with Gasteiger partial charge in [0.15, 0.2) is 0 Å². The van der Waals surface area contributed by atoms with E-state index in [0.717, 1.165) is 0 Å². The highest BCUT2D eigenvalue weighted by Crippen LogP contribution is 2.28. The van der Waals surface area contributed by atoms with E-state index in [1.54, 1.807) is 24.3 Å². The Bertz CT molecular complexity index is 543. The zero-order chi connectivity index (χ0) is 10.1. The van der Waals surface area contributed by atoms with Crippen LogP contribution in [0.5, 0.6) is 5.88 Å². The first kappa shape index (κ1) is 8.32. The summed E-state index contributed by atoms with van der Waals surface area (Å²) in [5.74, 6) is -0.291. The van der Waals surface area contributed by atoms with Gasteiger partial charge in [0.1, 0.15) is 11.8 Å². The molecule has 1 aromatic carbocycles. The molecule has 0 spiro atoms. The average Bonchev–Trinajstić information content (AvgIpc) is 2.20. The third-order valence-electron chi connectivity index (χ3n) is 2.02. The number of pyridine rings is 1. The highest BCUT2D eigenvalue weighted by molar-refractivity contribution is 5.90. The minimum atomic E-state index is -0.291. The van der Waals surface area contributed by atoms with Crippen LogP contribution >= 0.6 is 0 Å². The van der Waals surface area contributed by atoms with Crippen molar-refractivity contribution in [3.8, 4) is 11.9 Å². The Hall–Kier alpha value is -2.28. The average molecular weight is 185 g/mol. The predicted octanol–water partition coefficient (Wildman–Crippen LogP) is 1.39. The normalized spacial score (nSPS) is 9.93. The Labute approximate surface area is 80.2 Å². The number of aromatic nitrogens is 1. The highest BCUT2D eigenvalue weighted by atomic mass is 16.3. The molecule has 2 aromatic rings. The van der Waals surface area contributed by atoms with Crippen LogP contribution in [0.3, 0.4) is 0 Å². The van der Waals surface area contributed by atoms with Crippen molar-refractivity contribution in [2.45, 2.75) is 0 Å². The lowest BCUT2D eigenvalue weighted by Crippen LogP contribution is -1.95. The molecule has 1 aromatic heterocycles. The largest absolute Gasteiger partial charge is 0.492 e. The highest BCUT2D eigenvalue weighted by Gasteiger charge is 2.10. The second-order valence-electron chi connectivity index (χ2n) is 2.85. The number of anilines is 1. The summed E-state index contributed by atoms with van der Waals surface area (Å²) < 4.78 is 0. The smallest absolute Gasteiger partial charge is 0.236 e. The second-order valence-corrected chi connectivity index (χ2v) is 2.85. The molecular weight excluding hydrogens is 178 g/mol. The standard InChI is InChI=1S/C10H7N3O/c11-5-7-6-3-1-2-4-8(6)13-10(14)9(7)12/h1-4H,12H2,(H,13,14). The van der Waals surface area contributed by atoms with Crippen LogP contribution < -0.4 is 5.73 Å². The fourth-order valence-corrected chi connectivity index (χ4v) is 1.33. The summed E-state index contributed by atoms with van der Waals surface area (Å²) in [5, 5.41) is 18.9. The Morgan fingerprint density at radius 1 is 1.36 bits per heavy atom. The second kappa shape index (κ2) is 2.89. The molecule has 14 heavy (non-hydrogen) atoms. The van der Waals surface area contributed by atoms with Crippen molar-refractivity contribution >= 4 is 16.6 Å². The zero-order valence-electron chi connectivity index (χ0n) is 7.23. The number of nitriles is 1. The van der Waals surface area contributed by atoms with Gasteiger partial charge in [0.25, 0.3) is 0 Å². The van der Waals surface area contributed by atoms with Crippen LogP contribution in [0.25, 0.3) is 10.9 Å². The quantitative estimate of drug-likeness (QED) is 0.649. The Kier molecular flexibility index (Phi) is 1.72. The van der Waals surface area contributed by atoms with Gasteiger partial charge < -0.3 is 10.8 Å². The maximum atomic E-state index is 9.34. The van der Waals surface area contributed by atoms with Crippen LogP contribution in [0.2, 0.25) is 0 Å². The Morgan fingerprint density at radius 2 is 2.07 bits per heavy atom. The van der Waals surface area contributed by atoms with Crippen LogP contribution in [0.4, 0.5) is 5.69 Å². The van der Waals surface area contributed by atoms with Crippen molar-refractivity contribution in [1.29, 1.82) is 5.26 Å². The first-order valence-corrected chi connectivity index (χ1v) is 4.01. The van der Waals surface area contributed by atoms with Gasteiger partial charge >= 0.3 is 0 Å². The lowest BCUT2D eigenvalue weighted by Gasteiger charge is -2.04. The van der Waals surface area contributed by atoms with Crippen LogP contribution in [-0.4, -0.2) is 10.1 Å². The Balaban J connectivity index is 2.98. The van der Waals surface area contributed by atoms with E-state index in [-0.39, 0.29) is 17.1 Å². The van der Waals surface area contributed by atoms with E-state index < -0.39 is 0 Å². The predicted molar refractivity (Wildman–Crippen MR) is 52.5 cm³/mol. The van der Waals surface area contributed by atoms with Gasteiger partial charge in [-0.05, 0) is 6.07 Å². The van der Waals surface area contributed by atoms with E-state index in [9.17, 15) is 5.11 Å². The molecule has 0 aliphatic rings. The van der Waals surface area contributed by atoms with E-state index in [1.807, 2.05) is 6.07 Å². The molecule has 0 aliphatic carbocycles. The Morgan fingerprint density at radius 3 is 2.79 bits per heavy atom. The molecule has 0 fully saturated rings. The van der Waals surface area contributed by atoms with Crippen LogP contribution in [0.15, 0.2) is 24.3 Å². The summed E-state index contributed by atoms with van der Waals surface area (Å²) >= 11 is 0. The number of rotatable bonds is 0. The van der Waals surface area contributed by atoms with Crippen LogP contribution in [0.1, 0.15) is 5.56 Å². The van der Waals surface area contributed by atoms with Gasteiger partial charge in [0.2, 0.25) is 5.88 Å². The van der Waals surface area contributed by atoms with Gasteiger partial charge in [-0.15, -0.1) is 0 Å². The maximum absolute atomic E-state index is 9.34. The van der Waals surface area contributed by atoms with Gasteiger partial charge in [-0.25, -0.2) is 4.98 Å². The number of nitrogens with zero attached hydrogens (tertiary/aromatic N) is 2. The number of aromatic hydroxyl groups is 1. The van der Waals surface area contributed by atoms with E-state index in [0.29, 0.717) is 10.9 Å². The van der Waals surface area contributed by atoms with Gasteiger partial charge in [-0.3, -0.25) is 0 Å². The third-order valence-corrected chi connectivity index (χ3v) is 2.02. The summed E-state index contributed by atoms with van der Waals surface area (Å²) in [6.07, 6.45) is 0. The molecule has 0 aliphatic heterocycles. The molecule has 3 N–H and O–H groups in total. The third kappa shape index (κ3) is 1.04. The van der Waals surface area contributed by atoms with Gasteiger partial charge in [0, 0.05) is 5.39 Å². The van der Waals surface area contributed by atoms with Crippen molar-refractivity contribution < 1.29 is 5.11 Å². The van der Waals surface area contributed by atoms with Crippen molar-refractivity contribution in [2.24, 2.45) is 0 Å². The molecule has 0 saturated carbocycles. The SMILES string of the molecule is N#Cc1c(N)c(O)nc2ccccc12. The summed E-state index contributed by atoms with van der Waals surface area (Å²) in [6, 6.07) is 9.00. The van der Waals surface area contributed by atoms with E-state index >= 15 is 0 Å².